The highest BCUT2D eigenvalue weighted by molar-refractivity contribution is 6.17. The van der Waals surface area contributed by atoms with Gasteiger partial charge in [0.1, 0.15) is 5.82 Å². The van der Waals surface area contributed by atoms with Gasteiger partial charge in [-0.25, -0.2) is 19.2 Å². The van der Waals surface area contributed by atoms with Crippen LogP contribution in [0.1, 0.15) is 5.69 Å². The Kier molecular flexibility index (Phi) is 4.32. The van der Waals surface area contributed by atoms with E-state index in [2.05, 4.69) is 20.6 Å². The van der Waals surface area contributed by atoms with Gasteiger partial charge in [-0.15, -0.1) is 0 Å². The first-order valence-corrected chi connectivity index (χ1v) is 10.5. The molecule has 1 aliphatic carbocycles. The molecule has 3 amide bonds. The Balaban J connectivity index is 1.57. The van der Waals surface area contributed by atoms with Crippen LogP contribution in [0.25, 0.3) is 22.5 Å². The van der Waals surface area contributed by atoms with E-state index in [0.717, 1.165) is 16.8 Å². The predicted octanol–water partition coefficient (Wildman–Crippen LogP) is 1.96. The number of fused-ring (bicyclic) bond motifs is 2. The number of aromatic nitrogens is 3. The molecule has 1 unspecified atom stereocenters. The number of aliphatic imine (C=N–C) groups is 1. The van der Waals surface area contributed by atoms with Gasteiger partial charge in [-0.1, -0.05) is 12.2 Å². The highest BCUT2D eigenvalue weighted by Gasteiger charge is 2.28. The third kappa shape index (κ3) is 3.27. The van der Waals surface area contributed by atoms with Crippen LogP contribution in [0.15, 0.2) is 59.9 Å². The van der Waals surface area contributed by atoms with E-state index in [1.54, 1.807) is 24.5 Å². The van der Waals surface area contributed by atoms with Gasteiger partial charge in [0.15, 0.2) is 11.5 Å². The first kappa shape index (κ1) is 19.4. The zero-order chi connectivity index (χ0) is 22.5. The number of rotatable bonds is 3. The van der Waals surface area contributed by atoms with E-state index >= 15 is 0 Å². The summed E-state index contributed by atoms with van der Waals surface area (Å²) in [4.78, 5) is 39.1. The SMILES string of the molecule is O=C1CN(c2nccn3c(C4=CC5=NC(=O)NC5C=C4)c(-c4ccc(F)cc4)nc23)CCN1. The van der Waals surface area contributed by atoms with Crippen LogP contribution >= 0.6 is 0 Å². The van der Waals surface area contributed by atoms with Crippen LogP contribution in [0.2, 0.25) is 0 Å². The summed E-state index contributed by atoms with van der Waals surface area (Å²) in [6.07, 6.45) is 9.12. The number of hydrogen-bond donors (Lipinski definition) is 2. The lowest BCUT2D eigenvalue weighted by molar-refractivity contribution is -0.120. The molecule has 2 N–H and O–H groups in total. The summed E-state index contributed by atoms with van der Waals surface area (Å²) < 4.78 is 15.5. The molecule has 1 saturated heterocycles. The maximum absolute atomic E-state index is 13.6. The normalized spacial score (nSPS) is 19.8. The second-order valence-electron chi connectivity index (χ2n) is 7.95. The van der Waals surface area contributed by atoms with Crippen LogP contribution in [-0.4, -0.2) is 57.7 Å². The molecule has 2 aliphatic heterocycles. The van der Waals surface area contributed by atoms with Crippen molar-refractivity contribution in [3.05, 3.63) is 66.4 Å². The number of halogens is 1. The Labute approximate surface area is 187 Å². The van der Waals surface area contributed by atoms with Crippen LogP contribution in [0.5, 0.6) is 0 Å². The second kappa shape index (κ2) is 7.37. The lowest BCUT2D eigenvalue weighted by Crippen LogP contribution is -2.48. The number of piperazine rings is 1. The fourth-order valence-corrected chi connectivity index (χ4v) is 4.34. The molecule has 10 heteroatoms. The molecule has 1 atom stereocenters. The molecule has 9 nitrogen and oxygen atoms in total. The van der Waals surface area contributed by atoms with Crippen LogP contribution in [0, 0.1) is 5.82 Å². The van der Waals surface area contributed by atoms with E-state index in [1.165, 1.54) is 12.1 Å². The zero-order valence-electron chi connectivity index (χ0n) is 17.3. The number of carbonyl (C=O) groups is 2. The Morgan fingerprint density at radius 2 is 2.00 bits per heavy atom. The Bertz CT molecular complexity index is 1400. The number of carbonyl (C=O) groups excluding carboxylic acids is 2. The monoisotopic (exact) mass is 443 g/mol. The van der Waals surface area contributed by atoms with Crippen molar-refractivity contribution >= 4 is 34.7 Å². The molecule has 1 aromatic carbocycles. The van der Waals surface area contributed by atoms with Crippen molar-refractivity contribution in [2.24, 2.45) is 4.99 Å². The Morgan fingerprint density at radius 1 is 1.15 bits per heavy atom. The van der Waals surface area contributed by atoms with E-state index in [4.69, 9.17) is 4.98 Å². The molecule has 0 bridgehead atoms. The van der Waals surface area contributed by atoms with E-state index < -0.39 is 0 Å². The summed E-state index contributed by atoms with van der Waals surface area (Å²) >= 11 is 0. The van der Waals surface area contributed by atoms with Gasteiger partial charge in [-0.3, -0.25) is 9.20 Å². The third-order valence-corrected chi connectivity index (χ3v) is 5.85. The molecular formula is C23H18FN7O2. The molecule has 33 heavy (non-hydrogen) atoms. The number of anilines is 1. The first-order valence-electron chi connectivity index (χ1n) is 10.5. The summed E-state index contributed by atoms with van der Waals surface area (Å²) in [5.41, 5.74) is 4.15. The van der Waals surface area contributed by atoms with Gasteiger partial charge in [0, 0.05) is 36.6 Å². The summed E-state index contributed by atoms with van der Waals surface area (Å²) in [7, 11) is 0. The van der Waals surface area contributed by atoms with Crippen LogP contribution in [0.3, 0.4) is 0 Å². The number of hydrogen-bond acceptors (Lipinski definition) is 5. The molecular weight excluding hydrogens is 425 g/mol. The molecule has 6 rings (SSSR count). The fourth-order valence-electron chi connectivity index (χ4n) is 4.34. The highest BCUT2D eigenvalue weighted by Crippen LogP contribution is 2.34. The molecule has 164 valence electrons. The summed E-state index contributed by atoms with van der Waals surface area (Å²) in [5, 5.41) is 5.59. The quantitative estimate of drug-likeness (QED) is 0.644. The summed E-state index contributed by atoms with van der Waals surface area (Å²) in [6, 6.07) is 5.51. The van der Waals surface area contributed by atoms with Gasteiger partial charge in [0.2, 0.25) is 5.91 Å². The van der Waals surface area contributed by atoms with Crippen molar-refractivity contribution in [3.63, 3.8) is 0 Å². The minimum atomic E-state index is -0.371. The summed E-state index contributed by atoms with van der Waals surface area (Å²) in [6.45, 7) is 1.33. The number of allylic oxidation sites excluding steroid dienone is 2. The number of amides is 3. The lowest BCUT2D eigenvalue weighted by Gasteiger charge is -2.27. The topological polar surface area (TPSA) is 104 Å². The van der Waals surface area contributed by atoms with Crippen LogP contribution < -0.4 is 15.5 Å². The largest absolute Gasteiger partial charge is 0.353 e. The number of nitrogens with one attached hydrogen (secondary N) is 2. The molecule has 2 aromatic heterocycles. The van der Waals surface area contributed by atoms with Crippen molar-refractivity contribution in [2.75, 3.05) is 24.5 Å². The van der Waals surface area contributed by atoms with Crippen molar-refractivity contribution in [1.82, 2.24) is 25.0 Å². The zero-order valence-corrected chi connectivity index (χ0v) is 17.3. The maximum atomic E-state index is 13.6. The minimum absolute atomic E-state index is 0.0732. The average molecular weight is 443 g/mol. The van der Waals surface area contributed by atoms with Gasteiger partial charge in [0.25, 0.3) is 0 Å². The maximum Gasteiger partial charge on any atom is 0.342 e. The van der Waals surface area contributed by atoms with E-state index in [0.29, 0.717) is 36.0 Å². The Hall–Kier alpha value is -4.34. The van der Waals surface area contributed by atoms with Crippen LogP contribution in [-0.2, 0) is 4.79 Å². The second-order valence-corrected chi connectivity index (χ2v) is 7.95. The highest BCUT2D eigenvalue weighted by atomic mass is 19.1. The average Bonchev–Trinajstić information content (AvgIpc) is 3.38. The molecule has 0 radical (unpaired) electrons. The predicted molar refractivity (Wildman–Crippen MR) is 120 cm³/mol. The molecule has 1 fully saturated rings. The minimum Gasteiger partial charge on any atom is -0.353 e. The third-order valence-electron chi connectivity index (χ3n) is 5.85. The van der Waals surface area contributed by atoms with Crippen LogP contribution in [0.4, 0.5) is 15.0 Å². The van der Waals surface area contributed by atoms with Gasteiger partial charge in [0.05, 0.1) is 29.7 Å². The van der Waals surface area contributed by atoms with Gasteiger partial charge in [-0.05, 0) is 30.3 Å². The van der Waals surface area contributed by atoms with E-state index in [9.17, 15) is 14.0 Å². The van der Waals surface area contributed by atoms with Gasteiger partial charge >= 0.3 is 6.03 Å². The fraction of sp³-hybridized carbons (Fsp3) is 0.174. The number of benzene rings is 1. The number of nitrogens with zero attached hydrogens (tertiary/aromatic N) is 5. The lowest BCUT2D eigenvalue weighted by atomic mass is 9.97. The molecule has 3 aromatic rings. The van der Waals surface area contributed by atoms with Gasteiger partial charge < -0.3 is 15.5 Å². The summed E-state index contributed by atoms with van der Waals surface area (Å²) in [5.74, 6) is 0.182. The van der Waals surface area contributed by atoms with Crippen molar-refractivity contribution in [2.45, 2.75) is 6.04 Å². The molecule has 4 heterocycles. The van der Waals surface area contributed by atoms with Crippen molar-refractivity contribution in [1.29, 1.82) is 0 Å². The van der Waals surface area contributed by atoms with E-state index in [1.807, 2.05) is 27.5 Å². The molecule has 0 saturated carbocycles. The number of urea groups is 1. The van der Waals surface area contributed by atoms with E-state index in [-0.39, 0.29) is 30.3 Å². The van der Waals surface area contributed by atoms with Crippen molar-refractivity contribution < 1.29 is 14.0 Å². The van der Waals surface area contributed by atoms with Crippen molar-refractivity contribution in [3.8, 4) is 11.3 Å². The standard InChI is InChI=1S/C23H18FN7O2/c24-15-4-1-13(2-5-15)19-20(14-3-6-16-17(11-14)28-23(33)27-16)31-10-8-26-21(22(31)29-19)30-9-7-25-18(32)12-30/h1-6,8,10-11,16H,7,9,12H2,(H,25,32)(H,27,33). The number of imidazole rings is 1. The van der Waals surface area contributed by atoms with Gasteiger partial charge in [-0.2, -0.15) is 4.99 Å². The first-order chi connectivity index (χ1) is 16.1. The Morgan fingerprint density at radius 3 is 2.82 bits per heavy atom. The molecule has 0 spiro atoms. The smallest absolute Gasteiger partial charge is 0.342 e. The molecule has 3 aliphatic rings.